The van der Waals surface area contributed by atoms with Gasteiger partial charge in [-0.1, -0.05) is 37.3 Å². The number of H-pyrrole nitrogens is 1. The zero-order chi connectivity index (χ0) is 13.9. The Balaban J connectivity index is 1.76. The molecule has 0 radical (unpaired) electrons. The van der Waals surface area contributed by atoms with Crippen LogP contribution in [0.2, 0.25) is 0 Å². The lowest BCUT2D eigenvalue weighted by Crippen LogP contribution is -2.49. The monoisotopic (exact) mass is 271 g/mol. The molecule has 0 bridgehead atoms. The standard InChI is InChI=1S/C15H21N5/c1-11-10-20(9-8-16-11)15-17-14(18-19-15)12(2)13-6-4-3-5-7-13/h3-7,11-12,16H,8-10H2,1-2H3,(H,17,18,19)/t11-,12?/m1/s1. The van der Waals surface area contributed by atoms with Gasteiger partial charge >= 0.3 is 0 Å². The lowest BCUT2D eigenvalue weighted by atomic mass is 10.0. The van der Waals surface area contributed by atoms with Crippen LogP contribution < -0.4 is 10.2 Å². The molecule has 2 atom stereocenters. The fourth-order valence-electron chi connectivity index (χ4n) is 2.61. The van der Waals surface area contributed by atoms with Gasteiger partial charge in [0, 0.05) is 31.6 Å². The Hall–Kier alpha value is -1.88. The Morgan fingerprint density at radius 1 is 1.30 bits per heavy atom. The van der Waals surface area contributed by atoms with E-state index in [2.05, 4.69) is 63.5 Å². The van der Waals surface area contributed by atoms with Crippen molar-refractivity contribution in [3.8, 4) is 0 Å². The van der Waals surface area contributed by atoms with Gasteiger partial charge in [0.15, 0.2) is 0 Å². The van der Waals surface area contributed by atoms with Crippen molar-refractivity contribution in [2.75, 3.05) is 24.5 Å². The first-order valence-corrected chi connectivity index (χ1v) is 7.19. The van der Waals surface area contributed by atoms with E-state index in [1.807, 2.05) is 6.07 Å². The summed E-state index contributed by atoms with van der Waals surface area (Å²) in [6, 6.07) is 10.9. The van der Waals surface area contributed by atoms with Crippen molar-refractivity contribution in [1.82, 2.24) is 20.5 Å². The number of nitrogens with one attached hydrogen (secondary N) is 2. The van der Waals surface area contributed by atoms with E-state index in [1.165, 1.54) is 5.56 Å². The lowest BCUT2D eigenvalue weighted by molar-refractivity contribution is 0.479. The van der Waals surface area contributed by atoms with Crippen molar-refractivity contribution in [3.05, 3.63) is 41.7 Å². The first-order valence-electron chi connectivity index (χ1n) is 7.19. The maximum atomic E-state index is 4.68. The lowest BCUT2D eigenvalue weighted by Gasteiger charge is -2.30. The Morgan fingerprint density at radius 2 is 2.10 bits per heavy atom. The number of aromatic nitrogens is 3. The average Bonchev–Trinajstić information content (AvgIpc) is 2.97. The molecule has 1 fully saturated rings. The molecule has 2 N–H and O–H groups in total. The fraction of sp³-hybridized carbons (Fsp3) is 0.467. The van der Waals surface area contributed by atoms with E-state index in [1.54, 1.807) is 0 Å². The third kappa shape index (κ3) is 2.67. The SMILES string of the molecule is CC(c1ccccc1)c1nc(N2CCN[C@H](C)C2)n[nH]1. The van der Waals surface area contributed by atoms with Crippen LogP contribution in [0.15, 0.2) is 30.3 Å². The van der Waals surface area contributed by atoms with Crippen LogP contribution in [0.25, 0.3) is 0 Å². The Bertz CT molecular complexity index is 550. The molecule has 5 nitrogen and oxygen atoms in total. The zero-order valence-corrected chi connectivity index (χ0v) is 12.0. The molecule has 20 heavy (non-hydrogen) atoms. The minimum Gasteiger partial charge on any atom is -0.337 e. The summed E-state index contributed by atoms with van der Waals surface area (Å²) in [6.07, 6.45) is 0. The maximum absolute atomic E-state index is 4.68. The molecule has 1 aliphatic rings. The van der Waals surface area contributed by atoms with E-state index in [-0.39, 0.29) is 5.92 Å². The summed E-state index contributed by atoms with van der Waals surface area (Å²) in [5.74, 6) is 1.98. The number of hydrogen-bond acceptors (Lipinski definition) is 4. The van der Waals surface area contributed by atoms with E-state index in [4.69, 9.17) is 0 Å². The van der Waals surface area contributed by atoms with E-state index in [0.29, 0.717) is 6.04 Å². The first-order chi connectivity index (χ1) is 9.74. The molecule has 1 unspecified atom stereocenters. The number of nitrogens with zero attached hydrogens (tertiary/aromatic N) is 3. The fourth-order valence-corrected chi connectivity index (χ4v) is 2.61. The van der Waals surface area contributed by atoms with Crippen LogP contribution in [0.1, 0.15) is 31.2 Å². The van der Waals surface area contributed by atoms with Gasteiger partial charge in [-0.2, -0.15) is 4.98 Å². The van der Waals surface area contributed by atoms with Crippen LogP contribution >= 0.6 is 0 Å². The van der Waals surface area contributed by atoms with E-state index in [0.717, 1.165) is 31.4 Å². The number of aromatic amines is 1. The predicted molar refractivity (Wildman–Crippen MR) is 80.0 cm³/mol. The first kappa shape index (κ1) is 13.1. The Kier molecular flexibility index (Phi) is 3.69. The largest absolute Gasteiger partial charge is 0.337 e. The highest BCUT2D eigenvalue weighted by Crippen LogP contribution is 2.22. The Labute approximate surface area is 119 Å². The Morgan fingerprint density at radius 3 is 2.85 bits per heavy atom. The summed E-state index contributed by atoms with van der Waals surface area (Å²) in [7, 11) is 0. The van der Waals surface area contributed by atoms with Gasteiger partial charge in [-0.3, -0.25) is 5.10 Å². The van der Waals surface area contributed by atoms with Gasteiger partial charge in [0.1, 0.15) is 5.82 Å². The number of hydrogen-bond donors (Lipinski definition) is 2. The molecule has 0 aliphatic carbocycles. The summed E-state index contributed by atoms with van der Waals surface area (Å²) >= 11 is 0. The number of piperazine rings is 1. The minimum absolute atomic E-state index is 0.234. The van der Waals surface area contributed by atoms with Gasteiger partial charge in [-0.15, -0.1) is 5.10 Å². The van der Waals surface area contributed by atoms with E-state index in [9.17, 15) is 0 Å². The van der Waals surface area contributed by atoms with Crippen molar-refractivity contribution < 1.29 is 0 Å². The summed E-state index contributed by atoms with van der Waals surface area (Å²) in [6.45, 7) is 7.24. The highest BCUT2D eigenvalue weighted by atomic mass is 15.4. The van der Waals surface area contributed by atoms with Crippen molar-refractivity contribution in [1.29, 1.82) is 0 Å². The molecule has 1 aromatic heterocycles. The molecule has 1 aliphatic heterocycles. The molecule has 1 saturated heterocycles. The van der Waals surface area contributed by atoms with Gasteiger partial charge in [-0.05, 0) is 12.5 Å². The summed E-state index contributed by atoms with van der Waals surface area (Å²) in [5, 5.41) is 10.9. The van der Waals surface area contributed by atoms with E-state index < -0.39 is 0 Å². The molecule has 106 valence electrons. The van der Waals surface area contributed by atoms with Crippen molar-refractivity contribution >= 4 is 5.95 Å². The van der Waals surface area contributed by atoms with Crippen LogP contribution in [-0.2, 0) is 0 Å². The molecule has 0 spiro atoms. The van der Waals surface area contributed by atoms with E-state index >= 15 is 0 Å². The molecule has 2 heterocycles. The van der Waals surface area contributed by atoms with Gasteiger partial charge in [0.05, 0.1) is 0 Å². The number of benzene rings is 1. The van der Waals surface area contributed by atoms with Gasteiger partial charge in [0.2, 0.25) is 5.95 Å². The second-order valence-corrected chi connectivity index (χ2v) is 5.45. The predicted octanol–water partition coefficient (Wildman–Crippen LogP) is 1.75. The highest BCUT2D eigenvalue weighted by Gasteiger charge is 2.21. The summed E-state index contributed by atoms with van der Waals surface area (Å²) in [4.78, 5) is 6.91. The molecule has 1 aromatic carbocycles. The van der Waals surface area contributed by atoms with Crippen LogP contribution in [0.4, 0.5) is 5.95 Å². The molecule has 3 rings (SSSR count). The third-order valence-corrected chi connectivity index (χ3v) is 3.85. The highest BCUT2D eigenvalue weighted by molar-refractivity contribution is 5.33. The number of anilines is 1. The van der Waals surface area contributed by atoms with Gasteiger partial charge < -0.3 is 10.2 Å². The normalized spacial score (nSPS) is 20.9. The molecule has 2 aromatic rings. The topological polar surface area (TPSA) is 56.8 Å². The second-order valence-electron chi connectivity index (χ2n) is 5.45. The molecule has 5 heteroatoms. The van der Waals surface area contributed by atoms with Crippen LogP contribution in [0.5, 0.6) is 0 Å². The maximum Gasteiger partial charge on any atom is 0.244 e. The van der Waals surface area contributed by atoms with Crippen molar-refractivity contribution in [2.24, 2.45) is 0 Å². The van der Waals surface area contributed by atoms with Crippen LogP contribution in [-0.4, -0.2) is 40.9 Å². The quantitative estimate of drug-likeness (QED) is 0.893. The number of rotatable bonds is 3. The van der Waals surface area contributed by atoms with Gasteiger partial charge in [0.25, 0.3) is 0 Å². The third-order valence-electron chi connectivity index (χ3n) is 3.85. The molecular formula is C15H21N5. The average molecular weight is 271 g/mol. The minimum atomic E-state index is 0.234. The smallest absolute Gasteiger partial charge is 0.244 e. The van der Waals surface area contributed by atoms with Crippen molar-refractivity contribution in [2.45, 2.75) is 25.8 Å². The summed E-state index contributed by atoms with van der Waals surface area (Å²) < 4.78 is 0. The summed E-state index contributed by atoms with van der Waals surface area (Å²) in [5.41, 5.74) is 1.25. The van der Waals surface area contributed by atoms with Crippen LogP contribution in [0.3, 0.4) is 0 Å². The van der Waals surface area contributed by atoms with Crippen molar-refractivity contribution in [3.63, 3.8) is 0 Å². The molecular weight excluding hydrogens is 250 g/mol. The zero-order valence-electron chi connectivity index (χ0n) is 12.0. The molecule has 0 amide bonds. The second kappa shape index (κ2) is 5.63. The van der Waals surface area contributed by atoms with Gasteiger partial charge in [-0.25, -0.2) is 0 Å². The molecule has 0 saturated carbocycles. The van der Waals surface area contributed by atoms with Crippen LogP contribution in [0, 0.1) is 0 Å².